The third-order valence-corrected chi connectivity index (χ3v) is 6.09. The molecule has 2 atom stereocenters. The average molecular weight is 409 g/mol. The monoisotopic (exact) mass is 408 g/mol. The molecule has 0 aromatic heterocycles. The van der Waals surface area contributed by atoms with Crippen LogP contribution in [0.4, 0.5) is 4.79 Å². The minimum absolute atomic E-state index is 0.0847. The van der Waals surface area contributed by atoms with Gasteiger partial charge in [0, 0.05) is 24.5 Å². The van der Waals surface area contributed by atoms with E-state index in [0.717, 1.165) is 13.0 Å². The minimum atomic E-state index is -0.330. The minimum Gasteiger partial charge on any atom is -0.450 e. The van der Waals surface area contributed by atoms with Crippen LogP contribution in [0.1, 0.15) is 81.0 Å². The van der Waals surface area contributed by atoms with Gasteiger partial charge in [-0.25, -0.2) is 4.79 Å². The lowest BCUT2D eigenvalue weighted by Gasteiger charge is -2.26. The summed E-state index contributed by atoms with van der Waals surface area (Å²) in [6.45, 7) is 11.9. The molecule has 162 valence electrons. The maximum absolute atomic E-state index is 11.9. The molecule has 1 heterocycles. The summed E-state index contributed by atoms with van der Waals surface area (Å²) in [4.78, 5) is 11.9. The second-order valence-electron chi connectivity index (χ2n) is 8.93. The molecule has 2 N–H and O–H groups in total. The molecule has 0 spiro atoms. The second kappa shape index (κ2) is 10.1. The van der Waals surface area contributed by atoms with Crippen LogP contribution in [0.15, 0.2) is 48.5 Å². The molecule has 1 aliphatic rings. The molecule has 0 aliphatic carbocycles. The van der Waals surface area contributed by atoms with E-state index in [1.54, 1.807) is 0 Å². The number of hydrogen-bond acceptors (Lipinski definition) is 3. The number of carbonyl (C=O) groups excluding carboxylic acids is 1. The smallest absolute Gasteiger partial charge is 0.407 e. The Labute approximate surface area is 181 Å². The highest BCUT2D eigenvalue weighted by molar-refractivity contribution is 5.67. The summed E-state index contributed by atoms with van der Waals surface area (Å²) in [6, 6.07) is 18.4. The van der Waals surface area contributed by atoms with Gasteiger partial charge in [-0.05, 0) is 47.4 Å². The number of carbonyl (C=O) groups is 1. The van der Waals surface area contributed by atoms with Crippen LogP contribution in [0.25, 0.3) is 0 Å². The van der Waals surface area contributed by atoms with Gasteiger partial charge in [-0.15, -0.1) is 0 Å². The van der Waals surface area contributed by atoms with Crippen molar-refractivity contribution in [3.05, 3.63) is 70.8 Å². The lowest BCUT2D eigenvalue weighted by atomic mass is 9.82. The number of benzene rings is 2. The average Bonchev–Trinajstić information content (AvgIpc) is 3.17. The van der Waals surface area contributed by atoms with E-state index in [2.05, 4.69) is 86.9 Å². The Morgan fingerprint density at radius 2 is 1.40 bits per heavy atom. The molecule has 2 aromatic rings. The number of rotatable bonds is 7. The lowest BCUT2D eigenvalue weighted by molar-refractivity contribution is 0.148. The van der Waals surface area contributed by atoms with Gasteiger partial charge in [0.25, 0.3) is 0 Å². The fourth-order valence-electron chi connectivity index (χ4n) is 4.30. The fourth-order valence-corrected chi connectivity index (χ4v) is 4.30. The zero-order chi connectivity index (χ0) is 21.7. The predicted octanol–water partition coefficient (Wildman–Crippen LogP) is 5.54. The largest absolute Gasteiger partial charge is 0.450 e. The summed E-state index contributed by atoms with van der Waals surface area (Å²) < 4.78 is 5.06. The maximum Gasteiger partial charge on any atom is 0.407 e. The molecule has 1 saturated heterocycles. The lowest BCUT2D eigenvalue weighted by Crippen LogP contribution is -2.36. The fraction of sp³-hybridized carbons (Fsp3) is 0.500. The van der Waals surface area contributed by atoms with Crippen LogP contribution in [0.2, 0.25) is 0 Å². The molecule has 3 rings (SSSR count). The van der Waals surface area contributed by atoms with Crippen molar-refractivity contribution in [1.82, 2.24) is 10.6 Å². The van der Waals surface area contributed by atoms with Gasteiger partial charge in [0.15, 0.2) is 0 Å². The molecule has 4 heteroatoms. The topological polar surface area (TPSA) is 50.4 Å². The number of hydrogen-bond donors (Lipinski definition) is 2. The molecular weight excluding hydrogens is 372 g/mol. The standard InChI is InChI=1S/C26H36N2O2/c1-6-30-26(29)28-23-15-24(27-16-23)25(21-11-7-19(8-12-21)17(2)3)22-13-9-20(10-14-22)18(4)5/h7-14,17-18,23-25,27H,6,15-16H2,1-5H3,(H,28,29)/t23-,24-/m1/s1. The summed E-state index contributed by atoms with van der Waals surface area (Å²) in [5, 5.41) is 6.65. The Hall–Kier alpha value is -2.33. The van der Waals surface area contributed by atoms with E-state index < -0.39 is 0 Å². The maximum atomic E-state index is 11.9. The number of alkyl carbamates (subject to hydrolysis) is 1. The van der Waals surface area contributed by atoms with Gasteiger partial charge >= 0.3 is 6.09 Å². The molecule has 2 aromatic carbocycles. The molecule has 0 saturated carbocycles. The summed E-state index contributed by atoms with van der Waals surface area (Å²) in [6.07, 6.45) is 0.547. The van der Waals surface area contributed by atoms with Crippen LogP contribution >= 0.6 is 0 Å². The molecular formula is C26H36N2O2. The molecule has 30 heavy (non-hydrogen) atoms. The zero-order valence-corrected chi connectivity index (χ0v) is 18.9. The van der Waals surface area contributed by atoms with E-state index in [-0.39, 0.29) is 24.1 Å². The van der Waals surface area contributed by atoms with Gasteiger partial charge < -0.3 is 15.4 Å². The van der Waals surface area contributed by atoms with Crippen molar-refractivity contribution in [1.29, 1.82) is 0 Å². The summed E-state index contributed by atoms with van der Waals surface area (Å²) in [7, 11) is 0. The Bertz CT molecular complexity index is 760. The van der Waals surface area contributed by atoms with E-state index in [9.17, 15) is 4.79 Å². The molecule has 1 fully saturated rings. The Kier molecular flexibility index (Phi) is 7.54. The van der Waals surface area contributed by atoms with Gasteiger partial charge in [-0.2, -0.15) is 0 Å². The van der Waals surface area contributed by atoms with E-state index in [0.29, 0.717) is 18.4 Å². The predicted molar refractivity (Wildman–Crippen MR) is 123 cm³/mol. The van der Waals surface area contributed by atoms with Crippen LogP contribution in [0, 0.1) is 0 Å². The molecule has 1 amide bonds. The van der Waals surface area contributed by atoms with E-state index >= 15 is 0 Å². The first-order chi connectivity index (χ1) is 14.4. The quantitative estimate of drug-likeness (QED) is 0.632. The van der Waals surface area contributed by atoms with Crippen LogP contribution in [-0.2, 0) is 4.74 Å². The number of nitrogens with one attached hydrogen (secondary N) is 2. The van der Waals surface area contributed by atoms with Crippen molar-refractivity contribution in [2.24, 2.45) is 0 Å². The van der Waals surface area contributed by atoms with E-state index in [1.807, 2.05) is 6.92 Å². The first-order valence-electron chi connectivity index (χ1n) is 11.2. The molecule has 0 bridgehead atoms. The molecule has 0 unspecified atom stereocenters. The van der Waals surface area contributed by atoms with Crippen molar-refractivity contribution in [3.8, 4) is 0 Å². The van der Waals surface area contributed by atoms with Gasteiger partial charge in [-0.3, -0.25) is 0 Å². The third-order valence-electron chi connectivity index (χ3n) is 6.09. The van der Waals surface area contributed by atoms with Gasteiger partial charge in [0.2, 0.25) is 0 Å². The van der Waals surface area contributed by atoms with Crippen molar-refractivity contribution in [2.45, 2.75) is 70.9 Å². The molecule has 1 aliphatic heterocycles. The normalized spacial score (nSPS) is 18.9. The van der Waals surface area contributed by atoms with Crippen molar-refractivity contribution in [3.63, 3.8) is 0 Å². The molecule has 4 nitrogen and oxygen atoms in total. The highest BCUT2D eigenvalue weighted by Gasteiger charge is 2.33. The van der Waals surface area contributed by atoms with Crippen LogP contribution in [0.3, 0.4) is 0 Å². The third kappa shape index (κ3) is 5.42. The highest BCUT2D eigenvalue weighted by atomic mass is 16.5. The summed E-state index contributed by atoms with van der Waals surface area (Å²) in [5.41, 5.74) is 5.33. The SMILES string of the molecule is CCOC(=O)N[C@H]1CN[C@@H](C(c2ccc(C(C)C)cc2)c2ccc(C(C)C)cc2)C1. The van der Waals surface area contributed by atoms with Gasteiger partial charge in [-0.1, -0.05) is 76.2 Å². The van der Waals surface area contributed by atoms with Crippen LogP contribution < -0.4 is 10.6 Å². The Balaban J connectivity index is 1.85. The van der Waals surface area contributed by atoms with Crippen molar-refractivity contribution >= 4 is 6.09 Å². The zero-order valence-electron chi connectivity index (χ0n) is 18.9. The first kappa shape index (κ1) is 22.4. The van der Waals surface area contributed by atoms with Crippen molar-refractivity contribution in [2.75, 3.05) is 13.2 Å². The number of amides is 1. The highest BCUT2D eigenvalue weighted by Crippen LogP contribution is 2.34. The number of ether oxygens (including phenoxy) is 1. The van der Waals surface area contributed by atoms with E-state index in [4.69, 9.17) is 4.74 Å². The molecule has 0 radical (unpaired) electrons. The second-order valence-corrected chi connectivity index (χ2v) is 8.93. The Morgan fingerprint density at radius 3 is 1.83 bits per heavy atom. The van der Waals surface area contributed by atoms with Crippen LogP contribution in [0.5, 0.6) is 0 Å². The van der Waals surface area contributed by atoms with E-state index in [1.165, 1.54) is 22.3 Å². The van der Waals surface area contributed by atoms with Gasteiger partial charge in [0.1, 0.15) is 0 Å². The van der Waals surface area contributed by atoms with Gasteiger partial charge in [0.05, 0.1) is 6.61 Å². The first-order valence-corrected chi connectivity index (χ1v) is 11.2. The summed E-state index contributed by atoms with van der Waals surface area (Å²) >= 11 is 0. The summed E-state index contributed by atoms with van der Waals surface area (Å²) in [5.74, 6) is 1.28. The van der Waals surface area contributed by atoms with Crippen molar-refractivity contribution < 1.29 is 9.53 Å². The Morgan fingerprint density at radius 1 is 0.933 bits per heavy atom. The van der Waals surface area contributed by atoms with Crippen LogP contribution in [-0.4, -0.2) is 31.3 Å².